The lowest BCUT2D eigenvalue weighted by Crippen LogP contribution is -2.35. The molecule has 27 heavy (non-hydrogen) atoms. The van der Waals surface area contributed by atoms with Gasteiger partial charge in [-0.2, -0.15) is 0 Å². The summed E-state index contributed by atoms with van der Waals surface area (Å²) in [4.78, 5) is 26.8. The lowest BCUT2D eigenvalue weighted by Gasteiger charge is -2.20. The third-order valence-corrected chi connectivity index (χ3v) is 4.59. The Labute approximate surface area is 158 Å². The van der Waals surface area contributed by atoms with Crippen LogP contribution in [0.5, 0.6) is 11.5 Å². The average Bonchev–Trinajstić information content (AvgIpc) is 2.97. The number of hydrogen-bond acceptors (Lipinski definition) is 4. The fourth-order valence-corrected chi connectivity index (χ4v) is 3.10. The molecule has 2 N–H and O–H groups in total. The highest BCUT2D eigenvalue weighted by molar-refractivity contribution is 6.06. The summed E-state index contributed by atoms with van der Waals surface area (Å²) in [5.41, 5.74) is 0.627. The van der Waals surface area contributed by atoms with Gasteiger partial charge in [0.05, 0.1) is 11.3 Å². The zero-order valence-corrected chi connectivity index (χ0v) is 15.2. The lowest BCUT2D eigenvalue weighted by molar-refractivity contribution is -0.133. The van der Waals surface area contributed by atoms with Crippen LogP contribution in [0.3, 0.4) is 0 Å². The van der Waals surface area contributed by atoms with Gasteiger partial charge in [-0.05, 0) is 37.1 Å². The zero-order chi connectivity index (χ0) is 19.1. The van der Waals surface area contributed by atoms with Crippen LogP contribution in [-0.4, -0.2) is 41.5 Å². The molecule has 2 amide bonds. The number of likely N-dealkylation sites (tertiary alicyclic amines) is 1. The van der Waals surface area contributed by atoms with E-state index < -0.39 is 5.91 Å². The number of amides is 2. The van der Waals surface area contributed by atoms with Gasteiger partial charge in [0.15, 0.2) is 6.61 Å². The number of rotatable bonds is 5. The second-order valence-electron chi connectivity index (χ2n) is 6.55. The van der Waals surface area contributed by atoms with Crippen LogP contribution in [0.1, 0.15) is 36.0 Å². The molecule has 0 radical (unpaired) electrons. The van der Waals surface area contributed by atoms with Crippen LogP contribution >= 0.6 is 0 Å². The Morgan fingerprint density at radius 1 is 0.963 bits per heavy atom. The zero-order valence-electron chi connectivity index (χ0n) is 15.2. The predicted octanol–water partition coefficient (Wildman–Crippen LogP) is 3.43. The first kappa shape index (κ1) is 18.8. The fraction of sp³-hybridized carbons (Fsp3) is 0.333. The topological polar surface area (TPSA) is 78.9 Å². The molecule has 1 saturated heterocycles. The Hall–Kier alpha value is -3.02. The minimum absolute atomic E-state index is 0.0133. The molecule has 0 aliphatic carbocycles. The second-order valence-corrected chi connectivity index (χ2v) is 6.55. The van der Waals surface area contributed by atoms with E-state index in [1.54, 1.807) is 42.5 Å². The van der Waals surface area contributed by atoms with Gasteiger partial charge < -0.3 is 20.1 Å². The molecule has 142 valence electrons. The van der Waals surface area contributed by atoms with Crippen LogP contribution in [0.25, 0.3) is 0 Å². The van der Waals surface area contributed by atoms with E-state index in [4.69, 9.17) is 4.74 Å². The van der Waals surface area contributed by atoms with Crippen molar-refractivity contribution < 1.29 is 19.4 Å². The number of carbonyl (C=O) groups excluding carboxylic acids is 2. The van der Waals surface area contributed by atoms with Crippen molar-refractivity contribution in [2.45, 2.75) is 25.7 Å². The van der Waals surface area contributed by atoms with Gasteiger partial charge in [-0.1, -0.05) is 37.1 Å². The molecule has 2 aromatic rings. The lowest BCUT2D eigenvalue weighted by atomic mass is 10.1. The average molecular weight is 368 g/mol. The third kappa shape index (κ3) is 5.00. The van der Waals surface area contributed by atoms with Gasteiger partial charge in [0.2, 0.25) is 0 Å². The van der Waals surface area contributed by atoms with Crippen molar-refractivity contribution in [2.24, 2.45) is 0 Å². The molecule has 3 rings (SSSR count). The van der Waals surface area contributed by atoms with Crippen molar-refractivity contribution in [2.75, 3.05) is 25.0 Å². The number of benzene rings is 2. The van der Waals surface area contributed by atoms with E-state index in [0.717, 1.165) is 38.8 Å². The molecule has 1 heterocycles. The molecule has 0 atom stereocenters. The number of carbonyl (C=O) groups is 2. The molecule has 6 nitrogen and oxygen atoms in total. The maximum atomic E-state index is 12.6. The number of nitrogens with one attached hydrogen (secondary N) is 1. The van der Waals surface area contributed by atoms with Crippen molar-refractivity contribution >= 4 is 17.5 Å². The molecule has 1 fully saturated rings. The largest absolute Gasteiger partial charge is 0.506 e. The number of ether oxygens (including phenoxy) is 1. The van der Waals surface area contributed by atoms with Crippen LogP contribution in [0.15, 0.2) is 48.5 Å². The van der Waals surface area contributed by atoms with Crippen molar-refractivity contribution in [3.63, 3.8) is 0 Å². The van der Waals surface area contributed by atoms with E-state index >= 15 is 0 Å². The molecular formula is C21H24N2O4. The van der Waals surface area contributed by atoms with Gasteiger partial charge in [0.1, 0.15) is 11.5 Å². The maximum Gasteiger partial charge on any atom is 0.260 e. The number of anilines is 1. The smallest absolute Gasteiger partial charge is 0.260 e. The van der Waals surface area contributed by atoms with Crippen molar-refractivity contribution in [3.05, 3.63) is 54.1 Å². The summed E-state index contributed by atoms with van der Waals surface area (Å²) < 4.78 is 5.67. The van der Waals surface area contributed by atoms with Crippen LogP contribution in [0, 0.1) is 0 Å². The van der Waals surface area contributed by atoms with Crippen molar-refractivity contribution in [3.8, 4) is 11.5 Å². The predicted molar refractivity (Wildman–Crippen MR) is 103 cm³/mol. The minimum Gasteiger partial charge on any atom is -0.506 e. The van der Waals surface area contributed by atoms with Gasteiger partial charge in [-0.3, -0.25) is 9.59 Å². The van der Waals surface area contributed by atoms with E-state index in [-0.39, 0.29) is 18.3 Å². The van der Waals surface area contributed by atoms with E-state index in [0.29, 0.717) is 17.0 Å². The summed E-state index contributed by atoms with van der Waals surface area (Å²) in [6, 6.07) is 13.3. The Balaban J connectivity index is 1.65. The highest BCUT2D eigenvalue weighted by Crippen LogP contribution is 2.25. The highest BCUT2D eigenvalue weighted by atomic mass is 16.5. The first-order valence-corrected chi connectivity index (χ1v) is 9.24. The number of nitrogens with zero attached hydrogens (tertiary/aromatic N) is 1. The molecule has 1 aliphatic heterocycles. The summed E-state index contributed by atoms with van der Waals surface area (Å²) in [5.74, 6) is -0.142. The van der Waals surface area contributed by atoms with Crippen molar-refractivity contribution in [1.82, 2.24) is 4.90 Å². The number of phenols is 1. The normalized spacial score (nSPS) is 14.3. The van der Waals surface area contributed by atoms with Crippen LogP contribution in [0.4, 0.5) is 5.69 Å². The summed E-state index contributed by atoms with van der Waals surface area (Å²) in [5, 5.41) is 12.5. The van der Waals surface area contributed by atoms with Gasteiger partial charge in [0, 0.05) is 13.1 Å². The fourth-order valence-electron chi connectivity index (χ4n) is 3.10. The molecule has 0 spiro atoms. The Kier molecular flexibility index (Phi) is 6.30. The number of para-hydroxylation sites is 3. The molecular weight excluding hydrogens is 344 g/mol. The molecule has 0 bridgehead atoms. The first-order valence-electron chi connectivity index (χ1n) is 9.24. The Morgan fingerprint density at radius 3 is 2.37 bits per heavy atom. The summed E-state index contributed by atoms with van der Waals surface area (Å²) in [6.07, 6.45) is 4.34. The standard InChI is InChI=1S/C21H24N2O4/c24-18-11-5-4-10-17(18)22-21(26)16-9-3-6-12-19(16)27-15-20(25)23-13-7-1-2-8-14-23/h3-6,9-12,24H,1-2,7-8,13-15H2,(H,22,26). The van der Waals surface area contributed by atoms with Crippen LogP contribution < -0.4 is 10.1 Å². The molecule has 0 aromatic heterocycles. The maximum absolute atomic E-state index is 12.6. The molecule has 2 aromatic carbocycles. The summed E-state index contributed by atoms with van der Waals surface area (Å²) >= 11 is 0. The molecule has 0 saturated carbocycles. The quantitative estimate of drug-likeness (QED) is 0.793. The monoisotopic (exact) mass is 368 g/mol. The SMILES string of the molecule is O=C(Nc1ccccc1O)c1ccccc1OCC(=O)N1CCCCCC1. The van der Waals surface area contributed by atoms with Crippen LogP contribution in [-0.2, 0) is 4.79 Å². The second kappa shape index (κ2) is 9.07. The van der Waals surface area contributed by atoms with Crippen LogP contribution in [0.2, 0.25) is 0 Å². The molecule has 6 heteroatoms. The van der Waals surface area contributed by atoms with E-state index in [2.05, 4.69) is 5.32 Å². The number of aromatic hydroxyl groups is 1. The van der Waals surface area contributed by atoms with Crippen molar-refractivity contribution in [1.29, 1.82) is 0 Å². The summed E-state index contributed by atoms with van der Waals surface area (Å²) in [6.45, 7) is 1.43. The van der Waals surface area contributed by atoms with Gasteiger partial charge >= 0.3 is 0 Å². The first-order chi connectivity index (χ1) is 13.1. The van der Waals surface area contributed by atoms with E-state index in [9.17, 15) is 14.7 Å². The molecule has 0 unspecified atom stereocenters. The Bertz CT molecular complexity index is 798. The van der Waals surface area contributed by atoms with E-state index in [1.165, 1.54) is 6.07 Å². The van der Waals surface area contributed by atoms with Gasteiger partial charge in [0.25, 0.3) is 11.8 Å². The van der Waals surface area contributed by atoms with Gasteiger partial charge in [-0.25, -0.2) is 0 Å². The minimum atomic E-state index is -0.408. The summed E-state index contributed by atoms with van der Waals surface area (Å²) in [7, 11) is 0. The Morgan fingerprint density at radius 2 is 1.63 bits per heavy atom. The van der Waals surface area contributed by atoms with Gasteiger partial charge in [-0.15, -0.1) is 0 Å². The number of hydrogen-bond donors (Lipinski definition) is 2. The highest BCUT2D eigenvalue weighted by Gasteiger charge is 2.18. The third-order valence-electron chi connectivity index (χ3n) is 4.59. The molecule has 1 aliphatic rings. The number of phenolic OH excluding ortho intramolecular Hbond substituents is 1. The van der Waals surface area contributed by atoms with E-state index in [1.807, 2.05) is 4.90 Å².